The third kappa shape index (κ3) is 8.62. The molecule has 1 heterocycles. The molecule has 0 unspecified atom stereocenters. The van der Waals surface area contributed by atoms with Gasteiger partial charge in [-0.05, 0) is 126 Å². The van der Waals surface area contributed by atoms with Crippen molar-refractivity contribution in [2.24, 2.45) is 17.8 Å². The van der Waals surface area contributed by atoms with E-state index in [4.69, 9.17) is 0 Å². The minimum absolute atomic E-state index is 0.0383. The molecule has 0 spiro atoms. The molecule has 0 radical (unpaired) electrons. The maximum absolute atomic E-state index is 13.1. The van der Waals surface area contributed by atoms with E-state index in [1.165, 1.54) is 31.4 Å². The van der Waals surface area contributed by atoms with Gasteiger partial charge in [0.2, 0.25) is 11.8 Å². The quantitative estimate of drug-likeness (QED) is 0.462. The number of nitrogens with zero attached hydrogens (tertiary/aromatic N) is 1. The van der Waals surface area contributed by atoms with Gasteiger partial charge in [0, 0.05) is 36.9 Å². The van der Waals surface area contributed by atoms with Crippen molar-refractivity contribution < 1.29 is 18.8 Å². The fourth-order valence-corrected chi connectivity index (χ4v) is 6.58. The second-order valence-electron chi connectivity index (χ2n) is 11.7. The summed E-state index contributed by atoms with van der Waals surface area (Å²) in [6, 6.07) is 6.52. The number of likely N-dealkylation sites (tertiary alicyclic amines) is 1. The van der Waals surface area contributed by atoms with Crippen molar-refractivity contribution in [1.82, 2.24) is 15.5 Å². The smallest absolute Gasteiger partial charge is 0.220 e. The first-order valence-electron chi connectivity index (χ1n) is 14.4. The lowest BCUT2D eigenvalue weighted by atomic mass is 9.82. The number of halogens is 1. The summed E-state index contributed by atoms with van der Waals surface area (Å²) in [5.74, 6) is 1.29. The molecule has 6 nitrogen and oxygen atoms in total. The summed E-state index contributed by atoms with van der Waals surface area (Å²) in [6.07, 6.45) is 12.0. The molecule has 2 aliphatic carbocycles. The molecule has 2 saturated carbocycles. The highest BCUT2D eigenvalue weighted by Crippen LogP contribution is 2.30. The molecule has 1 aromatic carbocycles. The molecular formula is C30H44FN3O3. The Labute approximate surface area is 221 Å². The molecule has 0 atom stereocenters. The molecule has 3 fully saturated rings. The normalized spacial score (nSPS) is 27.4. The summed E-state index contributed by atoms with van der Waals surface area (Å²) >= 11 is 0. The first-order valence-corrected chi connectivity index (χ1v) is 14.4. The van der Waals surface area contributed by atoms with Crippen molar-refractivity contribution in [2.75, 3.05) is 19.6 Å². The van der Waals surface area contributed by atoms with Crippen LogP contribution in [0.1, 0.15) is 94.3 Å². The van der Waals surface area contributed by atoms with Crippen LogP contribution < -0.4 is 10.6 Å². The molecule has 2 amide bonds. The van der Waals surface area contributed by atoms with Gasteiger partial charge in [0.15, 0.2) is 5.78 Å². The summed E-state index contributed by atoms with van der Waals surface area (Å²) in [5.41, 5.74) is 0.623. The van der Waals surface area contributed by atoms with Crippen LogP contribution in [0, 0.1) is 23.6 Å². The van der Waals surface area contributed by atoms with E-state index in [1.54, 1.807) is 19.1 Å². The van der Waals surface area contributed by atoms with E-state index in [0.717, 1.165) is 76.9 Å². The van der Waals surface area contributed by atoms with E-state index >= 15 is 0 Å². The van der Waals surface area contributed by atoms with Gasteiger partial charge in [-0.2, -0.15) is 0 Å². The Balaban J connectivity index is 1.07. The minimum Gasteiger partial charge on any atom is -0.354 e. The van der Waals surface area contributed by atoms with Crippen molar-refractivity contribution in [3.8, 4) is 0 Å². The lowest BCUT2D eigenvalue weighted by Crippen LogP contribution is -2.40. The topological polar surface area (TPSA) is 78.5 Å². The van der Waals surface area contributed by atoms with Crippen molar-refractivity contribution in [3.63, 3.8) is 0 Å². The van der Waals surface area contributed by atoms with Crippen molar-refractivity contribution in [1.29, 1.82) is 0 Å². The van der Waals surface area contributed by atoms with Crippen LogP contribution in [0.4, 0.5) is 4.39 Å². The van der Waals surface area contributed by atoms with Crippen LogP contribution in [-0.2, 0) is 9.59 Å². The Morgan fingerprint density at radius 2 is 1.38 bits per heavy atom. The van der Waals surface area contributed by atoms with E-state index in [9.17, 15) is 18.8 Å². The molecule has 1 saturated heterocycles. The first kappa shape index (κ1) is 27.7. The van der Waals surface area contributed by atoms with Gasteiger partial charge in [0.25, 0.3) is 0 Å². The zero-order valence-corrected chi connectivity index (χ0v) is 22.4. The molecule has 0 bridgehead atoms. The van der Waals surface area contributed by atoms with Crippen LogP contribution in [0.25, 0.3) is 0 Å². The molecule has 204 valence electrons. The SMILES string of the molecule is CC(=O)N[C@H]1CC[C@H](CC(=O)N[C@H]2CC[C@H](CCN3CCC(C(=O)c4ccc(F)cc4)CC3)CC2)CC1. The molecule has 4 rings (SSSR count). The Kier molecular flexibility index (Phi) is 10.1. The Morgan fingerprint density at radius 1 is 0.811 bits per heavy atom. The zero-order valence-electron chi connectivity index (χ0n) is 22.4. The number of benzene rings is 1. The molecule has 1 aromatic rings. The average molecular weight is 514 g/mol. The van der Waals surface area contributed by atoms with Crippen LogP contribution in [0.3, 0.4) is 0 Å². The Bertz CT molecular complexity index is 897. The number of hydrogen-bond donors (Lipinski definition) is 2. The highest BCUT2D eigenvalue weighted by atomic mass is 19.1. The summed E-state index contributed by atoms with van der Waals surface area (Å²) < 4.78 is 13.1. The fraction of sp³-hybridized carbons (Fsp3) is 0.700. The second kappa shape index (κ2) is 13.5. The third-order valence-electron chi connectivity index (χ3n) is 8.88. The molecule has 7 heteroatoms. The predicted octanol–water partition coefficient (Wildman–Crippen LogP) is 4.87. The van der Waals surface area contributed by atoms with Crippen LogP contribution >= 0.6 is 0 Å². The number of amides is 2. The van der Waals surface area contributed by atoms with Crippen molar-refractivity contribution in [2.45, 2.75) is 96.1 Å². The van der Waals surface area contributed by atoms with Gasteiger partial charge < -0.3 is 15.5 Å². The first-order chi connectivity index (χ1) is 17.9. The highest BCUT2D eigenvalue weighted by Gasteiger charge is 2.28. The summed E-state index contributed by atoms with van der Waals surface area (Å²) in [5, 5.41) is 6.30. The van der Waals surface area contributed by atoms with Crippen molar-refractivity contribution >= 4 is 17.6 Å². The van der Waals surface area contributed by atoms with Gasteiger partial charge in [-0.1, -0.05) is 0 Å². The van der Waals surface area contributed by atoms with Crippen LogP contribution in [-0.4, -0.2) is 54.2 Å². The number of piperidine rings is 1. The maximum Gasteiger partial charge on any atom is 0.220 e. The van der Waals surface area contributed by atoms with Crippen LogP contribution in [0.2, 0.25) is 0 Å². The van der Waals surface area contributed by atoms with Gasteiger partial charge in [-0.15, -0.1) is 0 Å². The lowest BCUT2D eigenvalue weighted by molar-refractivity contribution is -0.124. The maximum atomic E-state index is 13.1. The van der Waals surface area contributed by atoms with E-state index in [2.05, 4.69) is 15.5 Å². The van der Waals surface area contributed by atoms with Crippen molar-refractivity contribution in [3.05, 3.63) is 35.6 Å². The Morgan fingerprint density at radius 3 is 1.97 bits per heavy atom. The number of carbonyl (C=O) groups is 3. The van der Waals surface area contributed by atoms with Crippen LogP contribution in [0.5, 0.6) is 0 Å². The Hall–Kier alpha value is -2.28. The largest absolute Gasteiger partial charge is 0.354 e. The third-order valence-corrected chi connectivity index (χ3v) is 8.88. The lowest BCUT2D eigenvalue weighted by Gasteiger charge is -2.34. The summed E-state index contributed by atoms with van der Waals surface area (Å²) in [4.78, 5) is 39.0. The van der Waals surface area contributed by atoms with E-state index in [0.29, 0.717) is 23.9 Å². The minimum atomic E-state index is -0.305. The number of Topliss-reactive ketones (excluding diaryl/α,β-unsaturated/α-hetero) is 1. The van der Waals surface area contributed by atoms with Crippen LogP contribution in [0.15, 0.2) is 24.3 Å². The summed E-state index contributed by atoms with van der Waals surface area (Å²) in [7, 11) is 0. The van der Waals surface area contributed by atoms with Gasteiger partial charge >= 0.3 is 0 Å². The van der Waals surface area contributed by atoms with Gasteiger partial charge in [-0.3, -0.25) is 14.4 Å². The summed E-state index contributed by atoms with van der Waals surface area (Å²) in [6.45, 7) is 4.56. The predicted molar refractivity (Wildman–Crippen MR) is 143 cm³/mol. The molecule has 1 aliphatic heterocycles. The number of ketones is 1. The monoisotopic (exact) mass is 513 g/mol. The van der Waals surface area contributed by atoms with E-state index < -0.39 is 0 Å². The molecule has 3 aliphatic rings. The zero-order chi connectivity index (χ0) is 26.2. The average Bonchev–Trinajstić information content (AvgIpc) is 2.89. The molecular weight excluding hydrogens is 469 g/mol. The number of nitrogens with one attached hydrogen (secondary N) is 2. The molecule has 0 aromatic heterocycles. The van der Waals surface area contributed by atoms with Gasteiger partial charge in [0.05, 0.1) is 0 Å². The second-order valence-corrected chi connectivity index (χ2v) is 11.7. The van der Waals surface area contributed by atoms with Gasteiger partial charge in [0.1, 0.15) is 5.82 Å². The standard InChI is InChI=1S/C30H44FN3O3/c1-21(35)32-27-12-4-23(5-13-27)20-29(36)33-28-10-2-22(3-11-28)14-17-34-18-15-25(16-19-34)30(37)24-6-8-26(31)9-7-24/h6-9,22-23,25,27-28H,2-5,10-20H2,1H3,(H,32,35)(H,33,36)/t22-,23-,27-,28-. The molecule has 37 heavy (non-hydrogen) atoms. The van der Waals surface area contributed by atoms with E-state index in [-0.39, 0.29) is 35.4 Å². The number of hydrogen-bond acceptors (Lipinski definition) is 4. The molecule has 2 N–H and O–H groups in total. The highest BCUT2D eigenvalue weighted by molar-refractivity contribution is 5.97. The van der Waals surface area contributed by atoms with Gasteiger partial charge in [-0.25, -0.2) is 4.39 Å². The fourth-order valence-electron chi connectivity index (χ4n) is 6.58. The number of rotatable bonds is 9. The van der Waals surface area contributed by atoms with E-state index in [1.807, 2.05) is 0 Å². The number of carbonyl (C=O) groups excluding carboxylic acids is 3.